The number of halogens is 2. The molecule has 0 amide bonds. The number of aliphatic imine (C=N–C) groups is 1. The van der Waals surface area contributed by atoms with E-state index in [-0.39, 0.29) is 17.0 Å². The molecule has 35 heavy (non-hydrogen) atoms. The number of hydrogen-bond donors (Lipinski definition) is 1. The summed E-state index contributed by atoms with van der Waals surface area (Å²) in [5, 5.41) is 3.17. The number of benzene rings is 1. The van der Waals surface area contributed by atoms with Gasteiger partial charge in [0.1, 0.15) is 11.5 Å². The Morgan fingerprint density at radius 2 is 1.77 bits per heavy atom. The van der Waals surface area contributed by atoms with Crippen molar-refractivity contribution in [3.8, 4) is 0 Å². The number of nitrogens with zero attached hydrogens (tertiary/aromatic N) is 4. The van der Waals surface area contributed by atoms with Crippen molar-refractivity contribution in [2.75, 3.05) is 11.6 Å². The number of aromatic nitrogens is 3. The van der Waals surface area contributed by atoms with E-state index in [9.17, 15) is 17.2 Å². The number of alkyl halides is 2. The van der Waals surface area contributed by atoms with E-state index in [1.807, 2.05) is 19.1 Å². The topological polar surface area (TPSA) is 97.2 Å². The summed E-state index contributed by atoms with van der Waals surface area (Å²) < 4.78 is 52.1. The van der Waals surface area contributed by atoms with Crippen LogP contribution >= 0.6 is 0 Å². The second kappa shape index (κ2) is 8.75. The first-order valence-corrected chi connectivity index (χ1v) is 13.3. The van der Waals surface area contributed by atoms with Crippen LogP contribution in [0.15, 0.2) is 40.2 Å². The van der Waals surface area contributed by atoms with Gasteiger partial charge in [-0.1, -0.05) is 6.07 Å². The molecule has 7 nitrogen and oxygen atoms in total. The van der Waals surface area contributed by atoms with Gasteiger partial charge >= 0.3 is 0 Å². The lowest BCUT2D eigenvalue weighted by molar-refractivity contribution is 0.224. The first-order chi connectivity index (χ1) is 16.6. The Hall–Kier alpha value is -3.27. The quantitative estimate of drug-likeness (QED) is 0.494. The molecule has 5 rings (SSSR count). The van der Waals surface area contributed by atoms with Crippen molar-refractivity contribution >= 4 is 32.6 Å². The molecule has 3 aromatic rings. The van der Waals surface area contributed by atoms with Crippen LogP contribution in [0.4, 0.5) is 25.8 Å². The number of hydrogen-bond acceptors (Lipinski definition) is 7. The van der Waals surface area contributed by atoms with Crippen LogP contribution in [0.1, 0.15) is 52.9 Å². The predicted molar refractivity (Wildman–Crippen MR) is 130 cm³/mol. The van der Waals surface area contributed by atoms with Gasteiger partial charge in [0.05, 0.1) is 33.4 Å². The zero-order valence-corrected chi connectivity index (χ0v) is 20.5. The smallest absolute Gasteiger partial charge is 0.277 e. The van der Waals surface area contributed by atoms with E-state index >= 15 is 0 Å². The van der Waals surface area contributed by atoms with Crippen LogP contribution in [0.2, 0.25) is 0 Å². The normalized spacial score (nSPS) is 15.3. The summed E-state index contributed by atoms with van der Waals surface area (Å²) in [5.41, 5.74) is 4.49. The summed E-state index contributed by atoms with van der Waals surface area (Å²) >= 11 is 0. The molecule has 2 aromatic heterocycles. The van der Waals surface area contributed by atoms with Gasteiger partial charge in [0, 0.05) is 30.5 Å². The van der Waals surface area contributed by atoms with Crippen LogP contribution in [0.5, 0.6) is 0 Å². The third-order valence-electron chi connectivity index (χ3n) is 6.08. The van der Waals surface area contributed by atoms with Gasteiger partial charge in [-0.05, 0) is 62.4 Å². The van der Waals surface area contributed by atoms with Crippen LogP contribution in [0, 0.1) is 13.8 Å². The molecule has 2 aliphatic rings. The first kappa shape index (κ1) is 23.5. The maximum absolute atomic E-state index is 13.5. The molecular weight excluding hydrogens is 472 g/mol. The second-order valence-electron chi connectivity index (χ2n) is 9.19. The lowest BCUT2D eigenvalue weighted by atomic mass is 10.1. The van der Waals surface area contributed by atoms with Gasteiger partial charge in [0.25, 0.3) is 6.43 Å². The Kier molecular flexibility index (Phi) is 5.86. The molecule has 0 saturated heterocycles. The van der Waals surface area contributed by atoms with Crippen LogP contribution in [-0.4, -0.2) is 41.8 Å². The molecule has 0 unspecified atom stereocenters. The third kappa shape index (κ3) is 5.07. The average Bonchev–Trinajstić information content (AvgIpc) is 3.51. The molecule has 1 aliphatic carbocycles. The fourth-order valence-corrected chi connectivity index (χ4v) is 5.27. The Bertz CT molecular complexity index is 1450. The zero-order chi connectivity index (χ0) is 24.9. The van der Waals surface area contributed by atoms with Gasteiger partial charge in [-0.15, -0.1) is 0 Å². The summed E-state index contributed by atoms with van der Waals surface area (Å²) in [6.45, 7) is 3.68. The van der Waals surface area contributed by atoms with E-state index in [0.29, 0.717) is 46.6 Å². The van der Waals surface area contributed by atoms with Crippen molar-refractivity contribution in [1.29, 1.82) is 0 Å². The van der Waals surface area contributed by atoms with Crippen molar-refractivity contribution in [1.82, 2.24) is 15.0 Å². The Labute approximate surface area is 202 Å². The number of rotatable bonds is 7. The summed E-state index contributed by atoms with van der Waals surface area (Å²) in [5.74, 6) is 1.02. The van der Waals surface area contributed by atoms with E-state index in [1.165, 1.54) is 6.26 Å². The van der Waals surface area contributed by atoms with Gasteiger partial charge in [-0.2, -0.15) is 0 Å². The largest absolute Gasteiger partial charge is 0.353 e. The summed E-state index contributed by atoms with van der Waals surface area (Å²) in [6.07, 6.45) is 0.873. The summed E-state index contributed by atoms with van der Waals surface area (Å²) in [6, 6.07) is 8.94. The van der Waals surface area contributed by atoms with Gasteiger partial charge in [0.15, 0.2) is 9.84 Å². The highest BCUT2D eigenvalue weighted by Gasteiger charge is 2.28. The van der Waals surface area contributed by atoms with Crippen molar-refractivity contribution in [3.05, 3.63) is 64.5 Å². The number of anilines is 2. The van der Waals surface area contributed by atoms with E-state index in [1.54, 1.807) is 25.1 Å². The molecule has 1 N–H and O–H groups in total. The monoisotopic (exact) mass is 497 g/mol. The molecule has 0 spiro atoms. The van der Waals surface area contributed by atoms with E-state index in [0.717, 1.165) is 29.8 Å². The zero-order valence-electron chi connectivity index (χ0n) is 19.6. The van der Waals surface area contributed by atoms with Crippen LogP contribution in [0.3, 0.4) is 0 Å². The first-order valence-electron chi connectivity index (χ1n) is 11.4. The second-order valence-corrected chi connectivity index (χ2v) is 11.2. The number of sulfone groups is 1. The molecule has 0 radical (unpaired) electrons. The summed E-state index contributed by atoms with van der Waals surface area (Å²) in [7, 11) is -3.54. The standard InChI is InChI=1S/C25H25F2N5O2S/c1-13-8-17(29-14(2)28-13)10-18-11-20(24-21(30-18)12-22(32-24)25(26)27)31-19-7-6-16(15-4-5-15)9-23(19)35(3,33)34/h6-9,11,15,25H,4-5,10,12H2,1-3H3,(H,30,31). The van der Waals surface area contributed by atoms with Gasteiger partial charge in [-0.25, -0.2) is 32.2 Å². The Balaban J connectivity index is 1.57. The predicted octanol–water partition coefficient (Wildman–Crippen LogP) is 5.00. The average molecular weight is 498 g/mol. The fraction of sp³-hybridized carbons (Fsp3) is 0.360. The molecule has 1 saturated carbocycles. The number of aryl methyl sites for hydroxylation is 2. The van der Waals surface area contributed by atoms with Gasteiger partial charge < -0.3 is 5.32 Å². The SMILES string of the molecule is Cc1cc(Cc2cc(Nc3ccc(C4CC4)cc3S(C)(=O)=O)c3c(n2)CC(C(F)F)=N3)nc(C)n1. The maximum Gasteiger partial charge on any atom is 0.277 e. The molecule has 3 heterocycles. The van der Waals surface area contributed by atoms with Crippen LogP contribution < -0.4 is 5.32 Å². The lowest BCUT2D eigenvalue weighted by Gasteiger charge is -2.16. The fourth-order valence-electron chi connectivity index (χ4n) is 4.40. The van der Waals surface area contributed by atoms with Crippen molar-refractivity contribution in [2.24, 2.45) is 4.99 Å². The molecule has 1 aromatic carbocycles. The molecule has 1 aliphatic heterocycles. The van der Waals surface area contributed by atoms with Crippen molar-refractivity contribution in [2.45, 2.75) is 56.8 Å². The van der Waals surface area contributed by atoms with Gasteiger partial charge in [-0.3, -0.25) is 4.98 Å². The molecule has 0 atom stereocenters. The summed E-state index contributed by atoms with van der Waals surface area (Å²) in [4.78, 5) is 17.7. The lowest BCUT2D eigenvalue weighted by Crippen LogP contribution is -2.10. The Morgan fingerprint density at radius 3 is 2.43 bits per heavy atom. The molecular formula is C25H25F2N5O2S. The highest BCUT2D eigenvalue weighted by Crippen LogP contribution is 2.43. The molecule has 1 fully saturated rings. The Morgan fingerprint density at radius 1 is 1.03 bits per heavy atom. The highest BCUT2D eigenvalue weighted by atomic mass is 32.2. The molecule has 10 heteroatoms. The maximum atomic E-state index is 13.5. The van der Waals surface area contributed by atoms with E-state index in [2.05, 4.69) is 25.3 Å². The minimum absolute atomic E-state index is 0.0586. The number of fused-ring (bicyclic) bond motifs is 1. The molecule has 0 bridgehead atoms. The van der Waals surface area contributed by atoms with E-state index < -0.39 is 16.3 Å². The minimum Gasteiger partial charge on any atom is -0.353 e. The van der Waals surface area contributed by atoms with Gasteiger partial charge in [0.2, 0.25) is 0 Å². The highest BCUT2D eigenvalue weighted by molar-refractivity contribution is 7.90. The van der Waals surface area contributed by atoms with Crippen LogP contribution in [-0.2, 0) is 22.7 Å². The third-order valence-corrected chi connectivity index (χ3v) is 7.22. The number of pyridine rings is 1. The van der Waals surface area contributed by atoms with Crippen LogP contribution in [0.25, 0.3) is 0 Å². The number of nitrogens with one attached hydrogen (secondary N) is 1. The van der Waals surface area contributed by atoms with Crippen molar-refractivity contribution < 1.29 is 17.2 Å². The molecule has 182 valence electrons. The van der Waals surface area contributed by atoms with Crippen molar-refractivity contribution in [3.63, 3.8) is 0 Å². The van der Waals surface area contributed by atoms with E-state index in [4.69, 9.17) is 0 Å². The minimum atomic E-state index is -3.54.